The number of piperidine rings is 1. The molecule has 3 rings (SSSR count). The highest BCUT2D eigenvalue weighted by Gasteiger charge is 2.22. The van der Waals surface area contributed by atoms with Crippen LogP contribution >= 0.6 is 12.4 Å². The predicted molar refractivity (Wildman–Crippen MR) is 109 cm³/mol. The largest absolute Gasteiger partial charge is 0.348 e. The number of sulfonamides is 1. The minimum absolute atomic E-state index is 0. The Labute approximate surface area is 170 Å². The molecule has 1 amide bonds. The number of para-hydroxylation sites is 1. The second kappa shape index (κ2) is 9.36. The molecule has 1 saturated heterocycles. The molecular weight excluding hydrogens is 405 g/mol. The van der Waals surface area contributed by atoms with Crippen LogP contribution in [0.3, 0.4) is 0 Å². The number of aryl methyl sites for hydroxylation is 1. The van der Waals surface area contributed by atoms with E-state index in [1.165, 1.54) is 19.1 Å². The molecule has 2 aromatic carbocycles. The van der Waals surface area contributed by atoms with E-state index in [4.69, 9.17) is 0 Å². The maximum atomic E-state index is 13.3. The quantitative estimate of drug-likeness (QED) is 0.684. The average Bonchev–Trinajstić information content (AvgIpc) is 2.62. The molecule has 28 heavy (non-hydrogen) atoms. The summed E-state index contributed by atoms with van der Waals surface area (Å²) in [6.07, 6.45) is 1.85. The minimum Gasteiger partial charge on any atom is -0.348 e. The number of anilines is 1. The number of carbonyl (C=O) groups is 1. The van der Waals surface area contributed by atoms with Crippen molar-refractivity contribution in [1.29, 1.82) is 0 Å². The van der Waals surface area contributed by atoms with E-state index in [0.717, 1.165) is 31.5 Å². The summed E-state index contributed by atoms with van der Waals surface area (Å²) in [4.78, 5) is 12.6. The summed E-state index contributed by atoms with van der Waals surface area (Å²) in [6, 6.07) is 9.90. The molecule has 0 saturated carbocycles. The Morgan fingerprint density at radius 1 is 1.21 bits per heavy atom. The molecule has 1 heterocycles. The van der Waals surface area contributed by atoms with Crippen LogP contribution in [0.1, 0.15) is 28.8 Å². The van der Waals surface area contributed by atoms with E-state index in [2.05, 4.69) is 15.4 Å². The first-order chi connectivity index (χ1) is 12.9. The van der Waals surface area contributed by atoms with Crippen molar-refractivity contribution in [3.63, 3.8) is 0 Å². The zero-order valence-electron chi connectivity index (χ0n) is 15.4. The SMILES string of the molecule is Cc1cc(F)ccc1S(=O)(=O)Nc1ccccc1C(=O)N[C@H]1CCCNC1.Cl. The summed E-state index contributed by atoms with van der Waals surface area (Å²) in [5.74, 6) is -0.842. The van der Waals surface area contributed by atoms with Crippen molar-refractivity contribution in [2.75, 3.05) is 17.8 Å². The Hall–Kier alpha value is -2.16. The van der Waals surface area contributed by atoms with Gasteiger partial charge >= 0.3 is 0 Å². The molecule has 2 aromatic rings. The van der Waals surface area contributed by atoms with Crippen molar-refractivity contribution in [3.05, 3.63) is 59.4 Å². The lowest BCUT2D eigenvalue weighted by Gasteiger charge is -2.24. The molecule has 152 valence electrons. The summed E-state index contributed by atoms with van der Waals surface area (Å²) >= 11 is 0. The number of halogens is 2. The summed E-state index contributed by atoms with van der Waals surface area (Å²) in [5, 5.41) is 6.15. The van der Waals surface area contributed by atoms with Gasteiger partial charge in [-0.05, 0) is 62.2 Å². The zero-order chi connectivity index (χ0) is 19.4. The van der Waals surface area contributed by atoms with Crippen LogP contribution in [0.15, 0.2) is 47.4 Å². The van der Waals surface area contributed by atoms with Gasteiger partial charge in [0, 0.05) is 12.6 Å². The Morgan fingerprint density at radius 3 is 2.64 bits per heavy atom. The molecule has 1 atom stereocenters. The van der Waals surface area contributed by atoms with Crippen molar-refractivity contribution in [1.82, 2.24) is 10.6 Å². The van der Waals surface area contributed by atoms with Crippen LogP contribution in [-0.4, -0.2) is 33.5 Å². The van der Waals surface area contributed by atoms with Crippen molar-refractivity contribution in [3.8, 4) is 0 Å². The summed E-state index contributed by atoms with van der Waals surface area (Å²) in [6.45, 7) is 3.14. The monoisotopic (exact) mass is 427 g/mol. The number of rotatable bonds is 5. The lowest BCUT2D eigenvalue weighted by atomic mass is 10.1. The Balaban J connectivity index is 0.00000280. The number of amides is 1. The van der Waals surface area contributed by atoms with Crippen molar-refractivity contribution >= 4 is 34.0 Å². The topological polar surface area (TPSA) is 87.3 Å². The Bertz CT molecular complexity index is 947. The third kappa shape index (κ3) is 5.21. The summed E-state index contributed by atoms with van der Waals surface area (Å²) in [5.41, 5.74) is 0.714. The number of hydrogen-bond acceptors (Lipinski definition) is 4. The van der Waals surface area contributed by atoms with E-state index >= 15 is 0 Å². The molecule has 0 spiro atoms. The Morgan fingerprint density at radius 2 is 1.96 bits per heavy atom. The first-order valence-electron chi connectivity index (χ1n) is 8.76. The van der Waals surface area contributed by atoms with Crippen LogP contribution in [0.25, 0.3) is 0 Å². The lowest BCUT2D eigenvalue weighted by molar-refractivity contribution is 0.0931. The van der Waals surface area contributed by atoms with Gasteiger partial charge in [0.1, 0.15) is 5.82 Å². The van der Waals surface area contributed by atoms with Gasteiger partial charge in [-0.15, -0.1) is 12.4 Å². The fraction of sp³-hybridized carbons (Fsp3) is 0.316. The smallest absolute Gasteiger partial charge is 0.262 e. The van der Waals surface area contributed by atoms with Gasteiger partial charge in [-0.2, -0.15) is 0 Å². The van der Waals surface area contributed by atoms with Crippen LogP contribution in [-0.2, 0) is 10.0 Å². The van der Waals surface area contributed by atoms with Crippen LogP contribution < -0.4 is 15.4 Å². The molecule has 0 radical (unpaired) electrons. The molecule has 3 N–H and O–H groups in total. The van der Waals surface area contributed by atoms with Crippen LogP contribution in [0, 0.1) is 12.7 Å². The lowest BCUT2D eigenvalue weighted by Crippen LogP contribution is -2.45. The van der Waals surface area contributed by atoms with Gasteiger partial charge in [0.05, 0.1) is 16.1 Å². The second-order valence-corrected chi connectivity index (χ2v) is 8.23. The molecule has 9 heteroatoms. The Kier molecular flexibility index (Phi) is 7.40. The van der Waals surface area contributed by atoms with Gasteiger partial charge in [0.2, 0.25) is 0 Å². The van der Waals surface area contributed by atoms with Gasteiger partial charge in [-0.3, -0.25) is 9.52 Å². The third-order valence-electron chi connectivity index (χ3n) is 4.47. The van der Waals surface area contributed by atoms with Gasteiger partial charge < -0.3 is 10.6 Å². The highest BCUT2D eigenvalue weighted by atomic mass is 35.5. The first kappa shape index (κ1) is 22.1. The molecule has 0 aromatic heterocycles. The van der Waals surface area contributed by atoms with Gasteiger partial charge in [-0.25, -0.2) is 12.8 Å². The van der Waals surface area contributed by atoms with Gasteiger partial charge in [0.25, 0.3) is 15.9 Å². The zero-order valence-corrected chi connectivity index (χ0v) is 17.0. The second-order valence-electron chi connectivity index (χ2n) is 6.58. The van der Waals surface area contributed by atoms with Crippen molar-refractivity contribution in [2.45, 2.75) is 30.7 Å². The molecule has 0 bridgehead atoms. The highest BCUT2D eigenvalue weighted by Crippen LogP contribution is 2.23. The number of carbonyl (C=O) groups excluding carboxylic acids is 1. The highest BCUT2D eigenvalue weighted by molar-refractivity contribution is 7.92. The standard InChI is InChI=1S/C19H22FN3O3S.ClH/c1-13-11-14(20)8-9-18(13)27(25,26)23-17-7-3-2-6-16(17)19(24)22-15-5-4-10-21-12-15;/h2-3,6-9,11,15,21,23H,4-5,10,12H2,1H3,(H,22,24);1H/t15-;/m0./s1. The summed E-state index contributed by atoms with van der Waals surface area (Å²) < 4.78 is 41.2. The van der Waals surface area contributed by atoms with E-state index in [0.29, 0.717) is 6.54 Å². The van der Waals surface area contributed by atoms with E-state index in [1.807, 2.05) is 0 Å². The van der Waals surface area contributed by atoms with E-state index in [1.54, 1.807) is 18.2 Å². The number of nitrogens with one attached hydrogen (secondary N) is 3. The number of hydrogen-bond donors (Lipinski definition) is 3. The van der Waals surface area contributed by atoms with Crippen molar-refractivity contribution in [2.24, 2.45) is 0 Å². The van der Waals surface area contributed by atoms with Gasteiger partial charge in [0.15, 0.2) is 0 Å². The molecule has 0 aliphatic carbocycles. The fourth-order valence-electron chi connectivity index (χ4n) is 3.12. The van der Waals surface area contributed by atoms with Crippen LogP contribution in [0.4, 0.5) is 10.1 Å². The number of benzene rings is 2. The van der Waals surface area contributed by atoms with Crippen LogP contribution in [0.2, 0.25) is 0 Å². The van der Waals surface area contributed by atoms with E-state index in [-0.39, 0.29) is 46.1 Å². The maximum absolute atomic E-state index is 13.3. The molecule has 1 aliphatic heterocycles. The minimum atomic E-state index is -3.96. The van der Waals surface area contributed by atoms with Crippen molar-refractivity contribution < 1.29 is 17.6 Å². The van der Waals surface area contributed by atoms with Crippen LogP contribution in [0.5, 0.6) is 0 Å². The van der Waals surface area contributed by atoms with Gasteiger partial charge in [-0.1, -0.05) is 12.1 Å². The average molecular weight is 428 g/mol. The molecule has 1 aliphatic rings. The van der Waals surface area contributed by atoms with E-state index < -0.39 is 15.8 Å². The molecule has 0 unspecified atom stereocenters. The molecular formula is C19H23ClFN3O3S. The normalized spacial score (nSPS) is 16.7. The maximum Gasteiger partial charge on any atom is 0.262 e. The molecule has 1 fully saturated rings. The fourth-order valence-corrected chi connectivity index (χ4v) is 4.43. The predicted octanol–water partition coefficient (Wildman–Crippen LogP) is 2.84. The molecule has 6 nitrogen and oxygen atoms in total. The summed E-state index contributed by atoms with van der Waals surface area (Å²) in [7, 11) is -3.96. The van der Waals surface area contributed by atoms with E-state index in [9.17, 15) is 17.6 Å². The first-order valence-corrected chi connectivity index (χ1v) is 10.2. The third-order valence-corrected chi connectivity index (χ3v) is 6.00.